The second-order valence-corrected chi connectivity index (χ2v) is 10.7. The van der Waals surface area contributed by atoms with Gasteiger partial charge in [-0.15, -0.1) is 0 Å². The number of aromatic nitrogens is 2. The Morgan fingerprint density at radius 3 is 2.64 bits per heavy atom. The molecule has 2 heterocycles. The lowest BCUT2D eigenvalue weighted by Gasteiger charge is -2.39. The van der Waals surface area contributed by atoms with Gasteiger partial charge in [0, 0.05) is 31.9 Å². The number of likely N-dealkylation sites (tertiary alicyclic amines) is 1. The van der Waals surface area contributed by atoms with Crippen molar-refractivity contribution in [2.75, 3.05) is 30.7 Å². The molecule has 5 N–H and O–H groups in total. The summed E-state index contributed by atoms with van der Waals surface area (Å²) in [5.74, 6) is -0.104. The first kappa shape index (κ1) is 27.8. The summed E-state index contributed by atoms with van der Waals surface area (Å²) in [5.41, 5.74) is 5.75. The largest absolute Gasteiger partial charge is 0.510 e. The first-order chi connectivity index (χ1) is 17.0. The van der Waals surface area contributed by atoms with Crippen LogP contribution >= 0.6 is 23.2 Å². The molecular formula is C21H28Cl2N6O6S. The third-order valence-corrected chi connectivity index (χ3v) is 7.60. The fraction of sp³-hybridized carbons (Fsp3) is 0.476. The monoisotopic (exact) mass is 562 g/mol. The van der Waals surface area contributed by atoms with Crippen molar-refractivity contribution in [2.45, 2.75) is 43.9 Å². The number of nitrogens with two attached hydrogens (primary N) is 1. The van der Waals surface area contributed by atoms with E-state index in [0.717, 1.165) is 12.1 Å². The number of nitrogen functional groups attached to an aromatic ring is 1. The van der Waals surface area contributed by atoms with E-state index >= 15 is 0 Å². The molecule has 1 aliphatic heterocycles. The maximum atomic E-state index is 13.6. The van der Waals surface area contributed by atoms with Gasteiger partial charge in [-0.3, -0.25) is 4.79 Å². The molecule has 1 saturated heterocycles. The van der Waals surface area contributed by atoms with Crippen LogP contribution in [0.3, 0.4) is 0 Å². The smallest absolute Gasteiger partial charge is 0.435 e. The van der Waals surface area contributed by atoms with Crippen molar-refractivity contribution in [1.29, 1.82) is 0 Å². The molecular weight excluding hydrogens is 535 g/mol. The number of halogens is 2. The molecule has 0 bridgehead atoms. The molecule has 1 fully saturated rings. The molecule has 0 aliphatic carbocycles. The van der Waals surface area contributed by atoms with E-state index in [1.54, 1.807) is 13.1 Å². The summed E-state index contributed by atoms with van der Waals surface area (Å²) in [5, 5.41) is 2.79. The lowest BCUT2D eigenvalue weighted by Crippen LogP contribution is -2.57. The van der Waals surface area contributed by atoms with Gasteiger partial charge in [0.05, 0.1) is 27.2 Å². The molecule has 198 valence electrons. The number of nitrogens with zero attached hydrogens (tertiary/aromatic N) is 2. The molecule has 36 heavy (non-hydrogen) atoms. The van der Waals surface area contributed by atoms with Gasteiger partial charge in [-0.2, -0.15) is 4.72 Å². The van der Waals surface area contributed by atoms with Gasteiger partial charge >= 0.3 is 6.16 Å². The number of anilines is 2. The predicted octanol–water partition coefficient (Wildman–Crippen LogP) is 2.82. The zero-order valence-electron chi connectivity index (χ0n) is 19.7. The van der Waals surface area contributed by atoms with E-state index in [0.29, 0.717) is 18.8 Å². The summed E-state index contributed by atoms with van der Waals surface area (Å²) >= 11 is 12.0. The van der Waals surface area contributed by atoms with Gasteiger partial charge in [0.1, 0.15) is 6.04 Å². The zero-order chi connectivity index (χ0) is 26.5. The maximum Gasteiger partial charge on any atom is 0.510 e. The first-order valence-corrected chi connectivity index (χ1v) is 13.4. The third-order valence-electron chi connectivity index (χ3n) is 5.52. The van der Waals surface area contributed by atoms with Gasteiger partial charge < -0.3 is 30.4 Å². The first-order valence-electron chi connectivity index (χ1n) is 11.2. The van der Waals surface area contributed by atoms with Gasteiger partial charge in [0.15, 0.2) is 12.2 Å². The number of piperidine rings is 1. The molecule has 3 atom stereocenters. The minimum absolute atomic E-state index is 0.0331. The number of carbonyl (C=O) groups excluding carboxylic acids is 2. The van der Waals surface area contributed by atoms with E-state index in [1.807, 2.05) is 6.92 Å². The lowest BCUT2D eigenvalue weighted by atomic mass is 9.97. The zero-order valence-corrected chi connectivity index (χ0v) is 22.0. The lowest BCUT2D eigenvalue weighted by molar-refractivity contribution is -0.150. The van der Waals surface area contributed by atoms with Crippen LogP contribution in [-0.4, -0.2) is 67.3 Å². The van der Waals surface area contributed by atoms with Crippen LogP contribution < -0.4 is 15.8 Å². The van der Waals surface area contributed by atoms with Crippen molar-refractivity contribution in [2.24, 2.45) is 5.92 Å². The van der Waals surface area contributed by atoms with Crippen LogP contribution in [0.25, 0.3) is 0 Å². The summed E-state index contributed by atoms with van der Waals surface area (Å²) in [4.78, 5) is 33.5. The molecule has 0 radical (unpaired) electrons. The van der Waals surface area contributed by atoms with E-state index < -0.39 is 34.4 Å². The van der Waals surface area contributed by atoms with Crippen molar-refractivity contribution in [3.63, 3.8) is 0 Å². The Balaban J connectivity index is 1.88. The number of sulfonamides is 1. The van der Waals surface area contributed by atoms with Crippen LogP contribution in [0.15, 0.2) is 29.4 Å². The molecule has 1 aromatic heterocycles. The molecule has 3 rings (SSSR count). The summed E-state index contributed by atoms with van der Waals surface area (Å²) in [6.45, 7) is 3.80. The minimum atomic E-state index is -4.28. The fourth-order valence-electron chi connectivity index (χ4n) is 3.63. The molecule has 0 spiro atoms. The van der Waals surface area contributed by atoms with Crippen LogP contribution in [0, 0.1) is 5.92 Å². The number of amides is 1. The topological polar surface area (TPSA) is 169 Å². The number of hydrogen-bond donors (Lipinski definition) is 4. The highest BCUT2D eigenvalue weighted by Crippen LogP contribution is 2.31. The minimum Gasteiger partial charge on any atom is -0.435 e. The van der Waals surface area contributed by atoms with E-state index in [4.69, 9.17) is 38.4 Å². The van der Waals surface area contributed by atoms with Gasteiger partial charge in [0.2, 0.25) is 15.9 Å². The van der Waals surface area contributed by atoms with Gasteiger partial charge in [-0.1, -0.05) is 30.1 Å². The summed E-state index contributed by atoms with van der Waals surface area (Å²) in [6.07, 6.45) is 2.25. The van der Waals surface area contributed by atoms with E-state index in [-0.39, 0.29) is 46.2 Å². The summed E-state index contributed by atoms with van der Waals surface area (Å²) in [6, 6.07) is 0.973. The van der Waals surface area contributed by atoms with E-state index in [2.05, 4.69) is 20.0 Å². The van der Waals surface area contributed by atoms with Crippen molar-refractivity contribution >= 4 is 56.9 Å². The number of ether oxygens (including phenoxy) is 2. The summed E-state index contributed by atoms with van der Waals surface area (Å²) < 4.78 is 39.1. The normalized spacial score (nSPS) is 18.9. The maximum absolute atomic E-state index is 13.6. The van der Waals surface area contributed by atoms with Crippen molar-refractivity contribution < 1.29 is 27.5 Å². The number of aromatic amines is 1. The van der Waals surface area contributed by atoms with Gasteiger partial charge in [-0.25, -0.2) is 18.2 Å². The highest BCUT2D eigenvalue weighted by molar-refractivity contribution is 7.89. The van der Waals surface area contributed by atoms with Crippen LogP contribution in [0.1, 0.15) is 26.7 Å². The van der Waals surface area contributed by atoms with Crippen LogP contribution in [0.2, 0.25) is 10.0 Å². The third kappa shape index (κ3) is 6.93. The van der Waals surface area contributed by atoms with Crippen molar-refractivity contribution in [3.8, 4) is 0 Å². The molecule has 2 aromatic rings. The summed E-state index contributed by atoms with van der Waals surface area (Å²) in [7, 11) is -4.28. The number of rotatable bonds is 9. The Morgan fingerprint density at radius 1 is 1.33 bits per heavy atom. The number of nitrogens with one attached hydrogen (secondary N) is 3. The average Bonchev–Trinajstić information content (AvgIpc) is 3.33. The van der Waals surface area contributed by atoms with Crippen molar-refractivity contribution in [3.05, 3.63) is 34.6 Å². The van der Waals surface area contributed by atoms with Crippen LogP contribution in [-0.2, 0) is 24.3 Å². The quantitative estimate of drug-likeness (QED) is 0.265. The predicted molar refractivity (Wildman–Crippen MR) is 134 cm³/mol. The second-order valence-electron chi connectivity index (χ2n) is 8.21. The fourth-order valence-corrected chi connectivity index (χ4v) is 5.49. The van der Waals surface area contributed by atoms with Gasteiger partial charge in [0.25, 0.3) is 0 Å². The number of imidazole rings is 1. The van der Waals surface area contributed by atoms with Crippen LogP contribution in [0.4, 0.5) is 16.4 Å². The SMILES string of the molecule is CCOC(=O)O[C@@H]1C[C@H](C)CCN1C(=O)[C@H](CNc1ncc[nH]1)NS(=O)(=O)c1cc(Cl)c(N)c(Cl)c1. The molecule has 1 amide bonds. The van der Waals surface area contributed by atoms with Gasteiger partial charge in [-0.05, 0) is 31.4 Å². The Morgan fingerprint density at radius 2 is 2.03 bits per heavy atom. The molecule has 1 aromatic carbocycles. The Bertz CT molecular complexity index is 1160. The number of carbonyl (C=O) groups is 2. The van der Waals surface area contributed by atoms with Crippen molar-refractivity contribution in [1.82, 2.24) is 19.6 Å². The highest BCUT2D eigenvalue weighted by Gasteiger charge is 2.38. The standard InChI is InChI=1S/C21H28Cl2N6O6S/c1-3-34-21(31)35-17-8-12(2)4-7-29(17)19(30)16(11-27-20-25-5-6-26-20)28-36(32,33)13-9-14(22)18(24)15(23)10-13/h5-6,9-10,12,16-17,28H,3-4,7-8,11,24H2,1-2H3,(H2,25,26,27)/t12-,16+,17-/m1/s1. The average molecular weight is 563 g/mol. The second kappa shape index (κ2) is 12.0. The molecule has 12 nitrogen and oxygen atoms in total. The Kier molecular flexibility index (Phi) is 9.28. The Labute approximate surface area is 218 Å². The number of H-pyrrole nitrogens is 1. The molecule has 0 saturated carbocycles. The Hall–Kier alpha value is -2.74. The molecule has 0 unspecified atom stereocenters. The highest BCUT2D eigenvalue weighted by atomic mass is 35.5. The number of hydrogen-bond acceptors (Lipinski definition) is 9. The van der Waals surface area contributed by atoms with E-state index in [1.165, 1.54) is 11.1 Å². The van der Waals surface area contributed by atoms with Crippen LogP contribution in [0.5, 0.6) is 0 Å². The number of benzene rings is 1. The van der Waals surface area contributed by atoms with E-state index in [9.17, 15) is 18.0 Å². The molecule has 15 heteroatoms. The molecule has 1 aliphatic rings.